The fourth-order valence-electron chi connectivity index (χ4n) is 2.27. The second kappa shape index (κ2) is 5.31. The van der Waals surface area contributed by atoms with Crippen LogP contribution in [-0.2, 0) is 6.54 Å². The van der Waals surface area contributed by atoms with E-state index in [9.17, 15) is 0 Å². The van der Waals surface area contributed by atoms with Gasteiger partial charge in [-0.1, -0.05) is 0 Å². The fourth-order valence-corrected chi connectivity index (χ4v) is 2.27. The lowest BCUT2D eigenvalue weighted by molar-refractivity contribution is 0.355. The summed E-state index contributed by atoms with van der Waals surface area (Å²) in [5, 5.41) is 1.17. The first-order valence-corrected chi connectivity index (χ1v) is 6.13. The van der Waals surface area contributed by atoms with E-state index in [2.05, 4.69) is 17.6 Å². The molecule has 4 heteroatoms. The van der Waals surface area contributed by atoms with Crippen molar-refractivity contribution < 1.29 is 9.47 Å². The average molecular weight is 248 g/mol. The van der Waals surface area contributed by atoms with Crippen molar-refractivity contribution in [3.63, 3.8) is 0 Å². The van der Waals surface area contributed by atoms with Gasteiger partial charge in [0.05, 0.1) is 19.7 Å². The lowest BCUT2D eigenvalue weighted by Crippen LogP contribution is -2.06. The van der Waals surface area contributed by atoms with Gasteiger partial charge in [-0.2, -0.15) is 0 Å². The smallest absolute Gasteiger partial charge is 0.162 e. The molecule has 0 spiro atoms. The van der Waals surface area contributed by atoms with E-state index in [1.165, 1.54) is 16.6 Å². The van der Waals surface area contributed by atoms with Gasteiger partial charge in [-0.15, -0.1) is 0 Å². The van der Waals surface area contributed by atoms with Gasteiger partial charge in [-0.3, -0.25) is 0 Å². The maximum Gasteiger partial charge on any atom is 0.162 e. The van der Waals surface area contributed by atoms with Crippen LogP contribution < -0.4 is 15.2 Å². The Morgan fingerprint density at radius 3 is 2.39 bits per heavy atom. The predicted octanol–water partition coefficient (Wildman–Crippen LogP) is 2.32. The minimum atomic E-state index is 0.701. The summed E-state index contributed by atoms with van der Waals surface area (Å²) in [7, 11) is 3.31. The lowest BCUT2D eigenvalue weighted by atomic mass is 10.2. The third-order valence-corrected chi connectivity index (χ3v) is 3.20. The maximum absolute atomic E-state index is 5.58. The highest BCUT2D eigenvalue weighted by Crippen LogP contribution is 2.33. The number of ether oxygens (including phenoxy) is 2. The highest BCUT2D eigenvalue weighted by Gasteiger charge is 2.11. The Morgan fingerprint density at radius 1 is 1.11 bits per heavy atom. The summed E-state index contributed by atoms with van der Waals surface area (Å²) < 4.78 is 12.9. The Labute approximate surface area is 107 Å². The van der Waals surface area contributed by atoms with Crippen molar-refractivity contribution in [2.24, 2.45) is 5.73 Å². The number of rotatable bonds is 5. The van der Waals surface area contributed by atoms with E-state index in [0.29, 0.717) is 6.54 Å². The van der Waals surface area contributed by atoms with Crippen molar-refractivity contribution in [2.75, 3.05) is 20.8 Å². The van der Waals surface area contributed by atoms with Gasteiger partial charge in [0.15, 0.2) is 11.5 Å². The van der Waals surface area contributed by atoms with Crippen LogP contribution in [0.15, 0.2) is 18.2 Å². The van der Waals surface area contributed by atoms with Crippen LogP contribution >= 0.6 is 0 Å². The van der Waals surface area contributed by atoms with Gasteiger partial charge in [-0.05, 0) is 32.0 Å². The molecule has 18 heavy (non-hydrogen) atoms. The van der Waals surface area contributed by atoms with Crippen LogP contribution in [0.3, 0.4) is 0 Å². The lowest BCUT2D eigenvalue weighted by Gasteiger charge is -2.10. The largest absolute Gasteiger partial charge is 0.493 e. The molecule has 0 aliphatic carbocycles. The van der Waals surface area contributed by atoms with Gasteiger partial charge in [-0.25, -0.2) is 0 Å². The van der Waals surface area contributed by atoms with E-state index in [1.807, 2.05) is 12.1 Å². The second-order valence-corrected chi connectivity index (χ2v) is 4.35. The van der Waals surface area contributed by atoms with Gasteiger partial charge < -0.3 is 19.8 Å². The number of methoxy groups -OCH3 is 2. The maximum atomic E-state index is 5.58. The van der Waals surface area contributed by atoms with Crippen molar-refractivity contribution in [1.29, 1.82) is 0 Å². The quantitative estimate of drug-likeness (QED) is 0.883. The SMILES string of the molecule is COc1cc2cc(C)n(CCCN)c2cc1OC. The minimum Gasteiger partial charge on any atom is -0.493 e. The first-order valence-electron chi connectivity index (χ1n) is 6.13. The summed E-state index contributed by atoms with van der Waals surface area (Å²) in [6.45, 7) is 3.74. The van der Waals surface area contributed by atoms with Crippen molar-refractivity contribution in [2.45, 2.75) is 19.9 Å². The molecule has 1 aromatic carbocycles. The molecular weight excluding hydrogens is 228 g/mol. The summed E-state index contributed by atoms with van der Waals surface area (Å²) in [6.07, 6.45) is 0.971. The summed E-state index contributed by atoms with van der Waals surface area (Å²) in [5.41, 5.74) is 7.98. The highest BCUT2D eigenvalue weighted by atomic mass is 16.5. The zero-order chi connectivity index (χ0) is 13.1. The fraction of sp³-hybridized carbons (Fsp3) is 0.429. The van der Waals surface area contributed by atoms with Crippen molar-refractivity contribution in [1.82, 2.24) is 4.57 Å². The third kappa shape index (κ3) is 2.16. The molecule has 0 aliphatic heterocycles. The first-order chi connectivity index (χ1) is 8.71. The molecule has 1 aromatic heterocycles. The first kappa shape index (κ1) is 12.8. The van der Waals surface area contributed by atoms with Crippen LogP contribution in [0.25, 0.3) is 10.9 Å². The highest BCUT2D eigenvalue weighted by molar-refractivity contribution is 5.85. The predicted molar refractivity (Wildman–Crippen MR) is 73.5 cm³/mol. The Morgan fingerprint density at radius 2 is 1.78 bits per heavy atom. The van der Waals surface area contributed by atoms with Crippen LogP contribution in [0.1, 0.15) is 12.1 Å². The number of benzene rings is 1. The van der Waals surface area contributed by atoms with Crippen molar-refractivity contribution in [3.8, 4) is 11.5 Å². The molecule has 0 saturated carbocycles. The summed E-state index contributed by atoms with van der Waals surface area (Å²) in [6, 6.07) is 6.20. The molecule has 2 rings (SSSR count). The third-order valence-electron chi connectivity index (χ3n) is 3.20. The van der Waals surface area contributed by atoms with Gasteiger partial charge in [0.25, 0.3) is 0 Å². The summed E-state index contributed by atoms with van der Waals surface area (Å²) in [5.74, 6) is 1.53. The number of nitrogens with two attached hydrogens (primary N) is 1. The molecular formula is C14H20N2O2. The van der Waals surface area contributed by atoms with E-state index in [0.717, 1.165) is 24.5 Å². The number of hydrogen-bond donors (Lipinski definition) is 1. The van der Waals surface area contributed by atoms with E-state index in [-0.39, 0.29) is 0 Å². The average Bonchev–Trinajstić information content (AvgIpc) is 2.69. The monoisotopic (exact) mass is 248 g/mol. The molecule has 0 amide bonds. The van der Waals surface area contributed by atoms with E-state index in [4.69, 9.17) is 15.2 Å². The summed E-state index contributed by atoms with van der Waals surface area (Å²) in [4.78, 5) is 0. The Bertz CT molecular complexity index is 546. The van der Waals surface area contributed by atoms with Crippen LogP contribution in [-0.4, -0.2) is 25.3 Å². The Balaban J connectivity index is 2.55. The molecule has 2 N–H and O–H groups in total. The van der Waals surface area contributed by atoms with Crippen molar-refractivity contribution >= 4 is 10.9 Å². The number of fused-ring (bicyclic) bond motifs is 1. The molecule has 0 atom stereocenters. The molecule has 4 nitrogen and oxygen atoms in total. The van der Waals surface area contributed by atoms with Crippen LogP contribution in [0, 0.1) is 6.92 Å². The Kier molecular flexibility index (Phi) is 3.77. The van der Waals surface area contributed by atoms with Crippen LogP contribution in [0.5, 0.6) is 11.5 Å². The zero-order valence-corrected chi connectivity index (χ0v) is 11.2. The number of hydrogen-bond acceptors (Lipinski definition) is 3. The molecule has 0 aliphatic rings. The minimum absolute atomic E-state index is 0.701. The molecule has 98 valence electrons. The second-order valence-electron chi connectivity index (χ2n) is 4.35. The standard InChI is InChI=1S/C14H20N2O2/c1-10-7-11-8-13(17-2)14(18-3)9-12(11)16(10)6-4-5-15/h7-9H,4-6,15H2,1-3H3. The molecule has 0 fully saturated rings. The van der Waals surface area contributed by atoms with Crippen molar-refractivity contribution in [3.05, 3.63) is 23.9 Å². The number of aryl methyl sites for hydroxylation is 2. The van der Waals surface area contributed by atoms with Gasteiger partial charge >= 0.3 is 0 Å². The van der Waals surface area contributed by atoms with Gasteiger partial charge in [0, 0.05) is 23.7 Å². The molecule has 0 unspecified atom stereocenters. The van der Waals surface area contributed by atoms with E-state index < -0.39 is 0 Å². The summed E-state index contributed by atoms with van der Waals surface area (Å²) >= 11 is 0. The molecule has 1 heterocycles. The zero-order valence-electron chi connectivity index (χ0n) is 11.2. The molecule has 2 aromatic rings. The number of nitrogens with zero attached hydrogens (tertiary/aromatic N) is 1. The van der Waals surface area contributed by atoms with E-state index >= 15 is 0 Å². The van der Waals surface area contributed by atoms with E-state index in [1.54, 1.807) is 14.2 Å². The molecule has 0 saturated heterocycles. The molecule has 0 radical (unpaired) electrons. The normalized spacial score (nSPS) is 10.9. The van der Waals surface area contributed by atoms with Gasteiger partial charge in [0.1, 0.15) is 0 Å². The van der Waals surface area contributed by atoms with Gasteiger partial charge in [0.2, 0.25) is 0 Å². The van der Waals surface area contributed by atoms with Crippen LogP contribution in [0.2, 0.25) is 0 Å². The molecule has 0 bridgehead atoms. The van der Waals surface area contributed by atoms with Crippen LogP contribution in [0.4, 0.5) is 0 Å². The topological polar surface area (TPSA) is 49.4 Å². The number of aromatic nitrogens is 1. The Hall–Kier alpha value is -1.68.